The minimum absolute atomic E-state index is 0.180. The Balaban J connectivity index is 1.90. The highest BCUT2D eigenvalue weighted by Crippen LogP contribution is 2.34. The van der Waals surface area contributed by atoms with Crippen molar-refractivity contribution >= 4 is 15.9 Å². The van der Waals surface area contributed by atoms with Crippen molar-refractivity contribution in [3.05, 3.63) is 34.1 Å². The molecule has 0 bridgehead atoms. The molecule has 0 amide bonds. The molecule has 3 heteroatoms. The van der Waals surface area contributed by atoms with Crippen molar-refractivity contribution in [2.24, 2.45) is 11.8 Å². The predicted molar refractivity (Wildman–Crippen MR) is 76.9 cm³/mol. The van der Waals surface area contributed by atoms with Gasteiger partial charge in [-0.3, -0.25) is 0 Å². The van der Waals surface area contributed by atoms with Crippen LogP contribution in [0.3, 0.4) is 0 Å². The molecule has 2 rings (SSSR count). The molecule has 0 aliphatic heterocycles. The van der Waals surface area contributed by atoms with Gasteiger partial charge >= 0.3 is 0 Å². The summed E-state index contributed by atoms with van der Waals surface area (Å²) in [6.45, 7) is 5.37. The lowest BCUT2D eigenvalue weighted by Crippen LogP contribution is -2.32. The van der Waals surface area contributed by atoms with E-state index in [-0.39, 0.29) is 5.82 Å². The Kier molecular flexibility index (Phi) is 4.79. The Morgan fingerprint density at radius 2 is 2.17 bits per heavy atom. The van der Waals surface area contributed by atoms with Crippen LogP contribution in [-0.2, 0) is 6.54 Å². The second-order valence-corrected chi connectivity index (χ2v) is 6.19. The summed E-state index contributed by atoms with van der Waals surface area (Å²) in [5, 5.41) is 3.58. The number of nitrogens with one attached hydrogen (secondary N) is 1. The molecule has 1 fully saturated rings. The number of benzene rings is 1. The van der Waals surface area contributed by atoms with Crippen molar-refractivity contribution in [3.8, 4) is 0 Å². The molecule has 3 atom stereocenters. The summed E-state index contributed by atoms with van der Waals surface area (Å²) in [6, 6.07) is 5.94. The molecular weight excluding hydrogens is 293 g/mol. The Labute approximate surface area is 117 Å². The van der Waals surface area contributed by atoms with E-state index in [0.717, 1.165) is 23.9 Å². The van der Waals surface area contributed by atoms with Crippen LogP contribution in [0, 0.1) is 17.7 Å². The van der Waals surface area contributed by atoms with E-state index in [9.17, 15) is 4.39 Å². The van der Waals surface area contributed by atoms with Gasteiger partial charge in [0, 0.05) is 12.6 Å². The molecular formula is C15H21BrFN. The van der Waals surface area contributed by atoms with E-state index in [0.29, 0.717) is 10.5 Å². The maximum atomic E-state index is 13.4. The van der Waals surface area contributed by atoms with Gasteiger partial charge in [-0.15, -0.1) is 0 Å². The summed E-state index contributed by atoms with van der Waals surface area (Å²) >= 11 is 3.18. The predicted octanol–water partition coefficient (Wildman–Crippen LogP) is 4.50. The van der Waals surface area contributed by atoms with Gasteiger partial charge in [0.2, 0.25) is 0 Å². The van der Waals surface area contributed by atoms with E-state index >= 15 is 0 Å². The molecule has 1 saturated carbocycles. The van der Waals surface area contributed by atoms with Gasteiger partial charge in [-0.1, -0.05) is 26.3 Å². The topological polar surface area (TPSA) is 12.0 Å². The minimum atomic E-state index is -0.180. The SMILES string of the molecule is CCC1CCC(NCc2ccc(Br)c(F)c2)C1C. The number of halogens is 2. The first-order valence-electron chi connectivity index (χ1n) is 6.79. The van der Waals surface area contributed by atoms with Crippen LogP contribution in [0.5, 0.6) is 0 Å². The van der Waals surface area contributed by atoms with E-state index in [1.165, 1.54) is 19.3 Å². The van der Waals surface area contributed by atoms with Gasteiger partial charge < -0.3 is 5.32 Å². The summed E-state index contributed by atoms with van der Waals surface area (Å²) in [5.74, 6) is 1.40. The highest BCUT2D eigenvalue weighted by atomic mass is 79.9. The largest absolute Gasteiger partial charge is 0.310 e. The maximum absolute atomic E-state index is 13.4. The van der Waals surface area contributed by atoms with Crippen LogP contribution in [-0.4, -0.2) is 6.04 Å². The molecule has 0 saturated heterocycles. The highest BCUT2D eigenvalue weighted by Gasteiger charge is 2.30. The molecule has 1 nitrogen and oxygen atoms in total. The molecule has 1 aliphatic carbocycles. The Morgan fingerprint density at radius 3 is 2.78 bits per heavy atom. The molecule has 1 N–H and O–H groups in total. The molecule has 1 aliphatic rings. The molecule has 3 unspecified atom stereocenters. The molecule has 1 aromatic rings. The van der Waals surface area contributed by atoms with Crippen LogP contribution >= 0.6 is 15.9 Å². The van der Waals surface area contributed by atoms with Crippen LogP contribution in [0.4, 0.5) is 4.39 Å². The van der Waals surface area contributed by atoms with Crippen LogP contribution in [0.25, 0.3) is 0 Å². The molecule has 0 spiro atoms. The quantitative estimate of drug-likeness (QED) is 0.862. The molecule has 0 radical (unpaired) electrons. The van der Waals surface area contributed by atoms with Crippen LogP contribution in [0.2, 0.25) is 0 Å². The lowest BCUT2D eigenvalue weighted by atomic mass is 9.93. The van der Waals surface area contributed by atoms with E-state index in [2.05, 4.69) is 35.1 Å². The third-order valence-electron chi connectivity index (χ3n) is 4.30. The van der Waals surface area contributed by atoms with Crippen molar-refractivity contribution in [3.63, 3.8) is 0 Å². The second kappa shape index (κ2) is 6.16. The zero-order valence-electron chi connectivity index (χ0n) is 11.0. The van der Waals surface area contributed by atoms with Crippen molar-refractivity contribution < 1.29 is 4.39 Å². The van der Waals surface area contributed by atoms with Gasteiger partial charge in [0.1, 0.15) is 5.82 Å². The average molecular weight is 314 g/mol. The molecule has 100 valence electrons. The summed E-state index contributed by atoms with van der Waals surface area (Å²) in [7, 11) is 0. The van der Waals surface area contributed by atoms with E-state index in [1.807, 2.05) is 6.07 Å². The summed E-state index contributed by atoms with van der Waals surface area (Å²) < 4.78 is 13.9. The van der Waals surface area contributed by atoms with Gasteiger partial charge in [0.15, 0.2) is 0 Å². The first-order chi connectivity index (χ1) is 8.61. The smallest absolute Gasteiger partial charge is 0.137 e. The van der Waals surface area contributed by atoms with Crippen LogP contribution in [0.15, 0.2) is 22.7 Å². The summed E-state index contributed by atoms with van der Waals surface area (Å²) in [6.07, 6.45) is 3.84. The first kappa shape index (κ1) is 14.0. The second-order valence-electron chi connectivity index (χ2n) is 5.34. The molecule has 1 aromatic carbocycles. The lowest BCUT2D eigenvalue weighted by molar-refractivity contribution is 0.344. The standard InChI is InChI=1S/C15H21BrFN/c1-3-12-5-7-15(10(12)2)18-9-11-4-6-13(16)14(17)8-11/h4,6,8,10,12,15,18H,3,5,7,9H2,1-2H3. The van der Waals surface area contributed by atoms with Crippen molar-refractivity contribution in [2.75, 3.05) is 0 Å². The third-order valence-corrected chi connectivity index (χ3v) is 4.95. The van der Waals surface area contributed by atoms with E-state index in [1.54, 1.807) is 12.1 Å². The summed E-state index contributed by atoms with van der Waals surface area (Å²) in [4.78, 5) is 0. The maximum Gasteiger partial charge on any atom is 0.137 e. The van der Waals surface area contributed by atoms with Gasteiger partial charge in [0.25, 0.3) is 0 Å². The molecule has 18 heavy (non-hydrogen) atoms. The normalized spacial score (nSPS) is 27.7. The van der Waals surface area contributed by atoms with Crippen LogP contribution < -0.4 is 5.32 Å². The minimum Gasteiger partial charge on any atom is -0.310 e. The summed E-state index contributed by atoms with van der Waals surface area (Å²) in [5.41, 5.74) is 1.02. The Hall–Kier alpha value is -0.410. The molecule has 0 heterocycles. The fourth-order valence-electron chi connectivity index (χ4n) is 3.01. The van der Waals surface area contributed by atoms with Crippen LogP contribution in [0.1, 0.15) is 38.7 Å². The van der Waals surface area contributed by atoms with Gasteiger partial charge in [-0.25, -0.2) is 4.39 Å². The van der Waals surface area contributed by atoms with Gasteiger partial charge in [-0.2, -0.15) is 0 Å². The third kappa shape index (κ3) is 3.12. The highest BCUT2D eigenvalue weighted by molar-refractivity contribution is 9.10. The first-order valence-corrected chi connectivity index (χ1v) is 7.58. The van der Waals surface area contributed by atoms with E-state index in [4.69, 9.17) is 0 Å². The van der Waals surface area contributed by atoms with Crippen molar-refractivity contribution in [1.29, 1.82) is 0 Å². The Morgan fingerprint density at radius 1 is 1.39 bits per heavy atom. The fraction of sp³-hybridized carbons (Fsp3) is 0.600. The van der Waals surface area contributed by atoms with Gasteiger partial charge in [-0.05, 0) is 58.3 Å². The Bertz CT molecular complexity index is 407. The average Bonchev–Trinajstić information content (AvgIpc) is 2.72. The zero-order chi connectivity index (χ0) is 13.1. The van der Waals surface area contributed by atoms with Crippen molar-refractivity contribution in [1.82, 2.24) is 5.32 Å². The lowest BCUT2D eigenvalue weighted by Gasteiger charge is -2.21. The van der Waals surface area contributed by atoms with E-state index < -0.39 is 0 Å². The zero-order valence-corrected chi connectivity index (χ0v) is 12.6. The van der Waals surface area contributed by atoms with Crippen molar-refractivity contribution in [2.45, 2.75) is 45.7 Å². The van der Waals surface area contributed by atoms with Gasteiger partial charge in [0.05, 0.1) is 4.47 Å². The fourth-order valence-corrected chi connectivity index (χ4v) is 3.26. The molecule has 0 aromatic heterocycles. The number of hydrogen-bond donors (Lipinski definition) is 1. The number of rotatable bonds is 4. The monoisotopic (exact) mass is 313 g/mol. The number of hydrogen-bond acceptors (Lipinski definition) is 1.